The lowest BCUT2D eigenvalue weighted by Gasteiger charge is -2.10. The van der Waals surface area contributed by atoms with E-state index in [0.29, 0.717) is 17.1 Å². The van der Waals surface area contributed by atoms with E-state index in [0.717, 1.165) is 12.8 Å². The summed E-state index contributed by atoms with van der Waals surface area (Å²) >= 11 is 0. The van der Waals surface area contributed by atoms with E-state index in [1.807, 2.05) is 0 Å². The number of ether oxygens (including phenoxy) is 1. The van der Waals surface area contributed by atoms with Crippen molar-refractivity contribution >= 4 is 23.2 Å². The molecule has 0 bridgehead atoms. The molecule has 3 N–H and O–H groups in total. The Morgan fingerprint density at radius 2 is 1.88 bits per heavy atom. The van der Waals surface area contributed by atoms with Crippen molar-refractivity contribution in [1.82, 2.24) is 0 Å². The first-order chi connectivity index (χ1) is 11.6. The molecule has 1 aliphatic rings. The molecule has 0 aromatic heterocycles. The molecule has 0 spiro atoms. The van der Waals surface area contributed by atoms with Crippen LogP contribution < -0.4 is 15.4 Å². The second kappa shape index (κ2) is 7.04. The van der Waals surface area contributed by atoms with Crippen molar-refractivity contribution in [1.29, 1.82) is 0 Å². The summed E-state index contributed by atoms with van der Waals surface area (Å²) in [5, 5.41) is 15.0. The van der Waals surface area contributed by atoms with E-state index in [9.17, 15) is 14.7 Å². The Hall–Kier alpha value is -3.02. The predicted molar refractivity (Wildman–Crippen MR) is 90.0 cm³/mol. The van der Waals surface area contributed by atoms with Crippen molar-refractivity contribution in [2.45, 2.75) is 12.8 Å². The zero-order valence-electron chi connectivity index (χ0n) is 13.0. The molecule has 2 aromatic carbocycles. The molecule has 2 amide bonds. The van der Waals surface area contributed by atoms with E-state index in [1.54, 1.807) is 42.5 Å². The number of carbonyl (C=O) groups is 2. The molecule has 24 heavy (non-hydrogen) atoms. The van der Waals surface area contributed by atoms with E-state index < -0.39 is 0 Å². The molecule has 0 heterocycles. The second-order valence-corrected chi connectivity index (χ2v) is 5.65. The molecule has 0 radical (unpaired) electrons. The highest BCUT2D eigenvalue weighted by Gasteiger charge is 2.29. The molecular weight excluding hydrogens is 308 g/mol. The van der Waals surface area contributed by atoms with Crippen LogP contribution in [0.2, 0.25) is 0 Å². The summed E-state index contributed by atoms with van der Waals surface area (Å²) in [5.41, 5.74) is 0.974. The number of benzene rings is 2. The number of aromatic hydroxyl groups is 1. The molecule has 1 aliphatic carbocycles. The standard InChI is InChI=1S/C18H18N2O4/c21-16-7-2-1-6-15(16)20-17(22)11-24-14-5-3-4-13(10-14)19-18(23)12-8-9-12/h1-7,10,12,21H,8-9,11H2,(H,19,23)(H,20,22). The average molecular weight is 326 g/mol. The number of hydrogen-bond donors (Lipinski definition) is 3. The highest BCUT2D eigenvalue weighted by molar-refractivity contribution is 5.94. The van der Waals surface area contributed by atoms with Crippen molar-refractivity contribution in [2.75, 3.05) is 17.2 Å². The molecule has 6 nitrogen and oxygen atoms in total. The minimum absolute atomic E-state index is 0.00404. The smallest absolute Gasteiger partial charge is 0.262 e. The number of rotatable bonds is 6. The van der Waals surface area contributed by atoms with E-state index in [1.165, 1.54) is 6.07 Å². The third kappa shape index (κ3) is 4.25. The molecule has 0 atom stereocenters. The Balaban J connectivity index is 1.53. The van der Waals surface area contributed by atoms with Gasteiger partial charge in [0.25, 0.3) is 5.91 Å². The molecule has 2 aromatic rings. The van der Waals surface area contributed by atoms with Crippen LogP contribution in [0.5, 0.6) is 11.5 Å². The van der Waals surface area contributed by atoms with Gasteiger partial charge in [0.15, 0.2) is 6.61 Å². The van der Waals surface area contributed by atoms with Gasteiger partial charge in [0.1, 0.15) is 11.5 Å². The van der Waals surface area contributed by atoms with Crippen molar-refractivity contribution in [3.05, 3.63) is 48.5 Å². The van der Waals surface area contributed by atoms with Crippen LogP contribution >= 0.6 is 0 Å². The summed E-state index contributed by atoms with van der Waals surface area (Å²) in [4.78, 5) is 23.6. The monoisotopic (exact) mass is 326 g/mol. The first-order valence-corrected chi connectivity index (χ1v) is 7.73. The van der Waals surface area contributed by atoms with Crippen molar-refractivity contribution in [3.63, 3.8) is 0 Å². The molecular formula is C18H18N2O4. The number of para-hydroxylation sites is 2. The lowest BCUT2D eigenvalue weighted by molar-refractivity contribution is -0.118. The van der Waals surface area contributed by atoms with Gasteiger partial charge in [-0.1, -0.05) is 18.2 Å². The summed E-state index contributed by atoms with van der Waals surface area (Å²) in [7, 11) is 0. The number of amides is 2. The summed E-state index contributed by atoms with van der Waals surface area (Å²) in [6.45, 7) is -0.200. The minimum atomic E-state index is -0.385. The van der Waals surface area contributed by atoms with E-state index in [2.05, 4.69) is 10.6 Å². The number of nitrogens with one attached hydrogen (secondary N) is 2. The third-order valence-corrected chi connectivity index (χ3v) is 3.60. The highest BCUT2D eigenvalue weighted by Crippen LogP contribution is 2.30. The van der Waals surface area contributed by atoms with Gasteiger partial charge in [0.05, 0.1) is 5.69 Å². The quantitative estimate of drug-likeness (QED) is 0.712. The van der Waals surface area contributed by atoms with E-state index in [-0.39, 0.29) is 30.1 Å². The Bertz CT molecular complexity index is 756. The van der Waals surface area contributed by atoms with Crippen molar-refractivity contribution in [2.24, 2.45) is 5.92 Å². The number of phenolic OH excluding ortho intramolecular Hbond substituents is 1. The number of carbonyl (C=O) groups excluding carboxylic acids is 2. The summed E-state index contributed by atoms with van der Waals surface area (Å²) in [6.07, 6.45) is 1.88. The van der Waals surface area contributed by atoms with Gasteiger partial charge in [0, 0.05) is 17.7 Å². The topological polar surface area (TPSA) is 87.7 Å². The third-order valence-electron chi connectivity index (χ3n) is 3.60. The van der Waals surface area contributed by atoms with Gasteiger partial charge in [0.2, 0.25) is 5.91 Å². The number of anilines is 2. The van der Waals surface area contributed by atoms with Crippen LogP contribution in [0.25, 0.3) is 0 Å². The Morgan fingerprint density at radius 3 is 2.62 bits per heavy atom. The van der Waals surface area contributed by atoms with Gasteiger partial charge in [-0.2, -0.15) is 0 Å². The fourth-order valence-corrected chi connectivity index (χ4v) is 2.17. The Kier molecular flexibility index (Phi) is 4.65. The van der Waals surface area contributed by atoms with Crippen molar-refractivity contribution < 1.29 is 19.4 Å². The van der Waals surface area contributed by atoms with Crippen LogP contribution in [0, 0.1) is 5.92 Å². The van der Waals surface area contributed by atoms with E-state index in [4.69, 9.17) is 4.74 Å². The van der Waals surface area contributed by atoms with Gasteiger partial charge < -0.3 is 20.5 Å². The highest BCUT2D eigenvalue weighted by atomic mass is 16.5. The van der Waals surface area contributed by atoms with E-state index >= 15 is 0 Å². The second-order valence-electron chi connectivity index (χ2n) is 5.65. The van der Waals surface area contributed by atoms with Gasteiger partial charge in [-0.15, -0.1) is 0 Å². The lowest BCUT2D eigenvalue weighted by atomic mass is 10.3. The summed E-state index contributed by atoms with van der Waals surface area (Å²) in [6, 6.07) is 13.4. The van der Waals surface area contributed by atoms with Crippen molar-refractivity contribution in [3.8, 4) is 11.5 Å². The van der Waals surface area contributed by atoms with Gasteiger partial charge in [-0.25, -0.2) is 0 Å². The van der Waals surface area contributed by atoms with Gasteiger partial charge in [-0.05, 0) is 37.1 Å². The number of hydrogen-bond acceptors (Lipinski definition) is 4. The van der Waals surface area contributed by atoms with Gasteiger partial charge >= 0.3 is 0 Å². The fourth-order valence-electron chi connectivity index (χ4n) is 2.17. The molecule has 6 heteroatoms. The summed E-state index contributed by atoms with van der Waals surface area (Å²) in [5.74, 6) is 0.235. The summed E-state index contributed by atoms with van der Waals surface area (Å²) < 4.78 is 5.43. The predicted octanol–water partition coefficient (Wildman–Crippen LogP) is 2.76. The Morgan fingerprint density at radius 1 is 1.08 bits per heavy atom. The molecule has 0 saturated heterocycles. The van der Waals surface area contributed by atoms with Crippen LogP contribution in [0.3, 0.4) is 0 Å². The first-order valence-electron chi connectivity index (χ1n) is 7.73. The molecule has 0 unspecified atom stereocenters. The minimum Gasteiger partial charge on any atom is -0.506 e. The zero-order chi connectivity index (χ0) is 16.9. The maximum Gasteiger partial charge on any atom is 0.262 e. The Labute approximate surface area is 139 Å². The normalized spacial score (nSPS) is 13.2. The fraction of sp³-hybridized carbons (Fsp3) is 0.222. The lowest BCUT2D eigenvalue weighted by Crippen LogP contribution is -2.20. The molecule has 124 valence electrons. The molecule has 3 rings (SSSR count). The maximum absolute atomic E-state index is 11.9. The van der Waals surface area contributed by atoms with Crippen LogP contribution in [-0.4, -0.2) is 23.5 Å². The van der Waals surface area contributed by atoms with Crippen LogP contribution in [0.15, 0.2) is 48.5 Å². The van der Waals surface area contributed by atoms with Crippen LogP contribution in [0.1, 0.15) is 12.8 Å². The largest absolute Gasteiger partial charge is 0.506 e. The van der Waals surface area contributed by atoms with Gasteiger partial charge in [-0.3, -0.25) is 9.59 Å². The van der Waals surface area contributed by atoms with Crippen LogP contribution in [0.4, 0.5) is 11.4 Å². The maximum atomic E-state index is 11.9. The average Bonchev–Trinajstić information content (AvgIpc) is 3.40. The first kappa shape index (κ1) is 15.9. The SMILES string of the molecule is O=C(COc1cccc(NC(=O)C2CC2)c1)Nc1ccccc1O. The molecule has 0 aliphatic heterocycles. The molecule has 1 fully saturated rings. The zero-order valence-corrected chi connectivity index (χ0v) is 13.0. The molecule has 1 saturated carbocycles. The van der Waals surface area contributed by atoms with Crippen LogP contribution in [-0.2, 0) is 9.59 Å². The number of phenols is 1.